The number of unbranched alkanes of at least 4 members (excludes halogenated alkanes) is 1. The molecule has 0 saturated carbocycles. The Balaban J connectivity index is 2.22. The number of nitrogens with one attached hydrogen (secondary N) is 1. The summed E-state index contributed by atoms with van der Waals surface area (Å²) in [5.41, 5.74) is 0. The third-order valence-electron chi connectivity index (χ3n) is 1.54. The molecule has 0 amide bonds. The molecule has 1 rings (SSSR count). The van der Waals surface area contributed by atoms with Crippen LogP contribution in [-0.4, -0.2) is 22.1 Å². The number of H-pyrrole nitrogens is 1. The van der Waals surface area contributed by atoms with Crippen molar-refractivity contribution >= 4 is 7.12 Å². The fourth-order valence-corrected chi connectivity index (χ4v) is 0.892. The number of rotatable bonds is 5. The Morgan fingerprint density at radius 2 is 2.58 bits per heavy atom. The highest BCUT2D eigenvalue weighted by Crippen LogP contribution is 2.06. The predicted molar refractivity (Wildman–Crippen MR) is 46.9 cm³/mol. The first-order valence-corrected chi connectivity index (χ1v) is 4.16. The molecule has 66 valence electrons. The van der Waals surface area contributed by atoms with Crippen LogP contribution in [0.2, 0.25) is 6.32 Å². The van der Waals surface area contributed by atoms with Crippen LogP contribution >= 0.6 is 0 Å². The van der Waals surface area contributed by atoms with E-state index in [1.165, 1.54) is 12.5 Å². The lowest BCUT2D eigenvalue weighted by Gasteiger charge is -2.05. The van der Waals surface area contributed by atoms with Crippen LogP contribution in [0.3, 0.4) is 0 Å². The Morgan fingerprint density at radius 3 is 3.17 bits per heavy atom. The molecule has 1 heterocycles. The number of imidazole rings is 1. The van der Waals surface area contributed by atoms with E-state index in [4.69, 9.17) is 4.65 Å². The summed E-state index contributed by atoms with van der Waals surface area (Å²) in [4.78, 5) is 6.51. The zero-order chi connectivity index (χ0) is 8.81. The fourth-order valence-electron chi connectivity index (χ4n) is 0.892. The van der Waals surface area contributed by atoms with Crippen molar-refractivity contribution in [2.24, 2.45) is 0 Å². The van der Waals surface area contributed by atoms with Crippen molar-refractivity contribution in [1.29, 1.82) is 0 Å². The van der Waals surface area contributed by atoms with Gasteiger partial charge in [-0.05, 0) is 6.32 Å². The molecule has 0 aliphatic rings. The van der Waals surface area contributed by atoms with Crippen LogP contribution in [0.15, 0.2) is 12.5 Å². The van der Waals surface area contributed by atoms with Crippen molar-refractivity contribution in [3.05, 3.63) is 12.5 Å². The number of hydrogen-bond acceptors (Lipinski definition) is 3. The van der Waals surface area contributed by atoms with Crippen LogP contribution < -0.4 is 4.65 Å². The smallest absolute Gasteiger partial charge is 0.522 e. The summed E-state index contributed by atoms with van der Waals surface area (Å²) < 4.78 is 5.09. The van der Waals surface area contributed by atoms with E-state index in [1.807, 2.05) is 0 Å². The minimum absolute atomic E-state index is 0.513. The van der Waals surface area contributed by atoms with Crippen molar-refractivity contribution in [3.63, 3.8) is 0 Å². The van der Waals surface area contributed by atoms with Gasteiger partial charge in [-0.15, -0.1) is 0 Å². The molecule has 5 heteroatoms. The van der Waals surface area contributed by atoms with Crippen LogP contribution in [0, 0.1) is 0 Å². The fraction of sp³-hybridized carbons (Fsp3) is 0.571. The zero-order valence-electron chi connectivity index (χ0n) is 7.16. The van der Waals surface area contributed by atoms with Gasteiger partial charge < -0.3 is 14.7 Å². The molecule has 1 aromatic rings. The number of aromatic amines is 1. The van der Waals surface area contributed by atoms with Gasteiger partial charge in [-0.2, -0.15) is 0 Å². The minimum Gasteiger partial charge on any atom is -0.522 e. The molecule has 0 aliphatic carbocycles. The van der Waals surface area contributed by atoms with Crippen molar-refractivity contribution in [2.45, 2.75) is 26.1 Å². The van der Waals surface area contributed by atoms with Crippen LogP contribution in [0.4, 0.5) is 0 Å². The SMILES string of the molecule is CCCCB(O)Oc1cnc[nH]1. The quantitative estimate of drug-likeness (QED) is 0.646. The number of nitrogens with zero attached hydrogens (tertiary/aromatic N) is 1. The van der Waals surface area contributed by atoms with Crippen LogP contribution in [0.5, 0.6) is 5.88 Å². The summed E-state index contributed by atoms with van der Waals surface area (Å²) >= 11 is 0. The maximum Gasteiger partial charge on any atom is 0.523 e. The van der Waals surface area contributed by atoms with E-state index in [0.29, 0.717) is 12.2 Å². The molecular formula is C7H13BN2O2. The summed E-state index contributed by atoms with van der Waals surface area (Å²) in [6, 6.07) is 0. The van der Waals surface area contributed by atoms with Crippen LogP contribution in [0.1, 0.15) is 19.8 Å². The molecule has 0 spiro atoms. The lowest BCUT2D eigenvalue weighted by Crippen LogP contribution is -2.21. The van der Waals surface area contributed by atoms with E-state index in [9.17, 15) is 5.02 Å². The molecule has 12 heavy (non-hydrogen) atoms. The molecule has 0 fully saturated rings. The standard InChI is InChI=1S/C7H13BN2O2/c1-2-3-4-8(11)12-7-5-9-6-10-7/h5-6,11H,2-4H2,1H3,(H,9,10). The summed E-state index contributed by atoms with van der Waals surface area (Å²) in [7, 11) is -0.717. The first-order chi connectivity index (χ1) is 5.83. The Hall–Kier alpha value is -0.965. The van der Waals surface area contributed by atoms with E-state index >= 15 is 0 Å². The highest BCUT2D eigenvalue weighted by atomic mass is 16.5. The lowest BCUT2D eigenvalue weighted by molar-refractivity contribution is 0.403. The van der Waals surface area contributed by atoms with Crippen molar-refractivity contribution in [2.75, 3.05) is 0 Å². The van der Waals surface area contributed by atoms with Gasteiger partial charge in [0.2, 0.25) is 0 Å². The Bertz CT molecular complexity index is 203. The summed E-state index contributed by atoms with van der Waals surface area (Å²) in [5.74, 6) is 0.513. The molecule has 0 bridgehead atoms. The van der Waals surface area contributed by atoms with Gasteiger partial charge in [0.25, 0.3) is 0 Å². The summed E-state index contributed by atoms with van der Waals surface area (Å²) in [6.07, 6.45) is 5.74. The highest BCUT2D eigenvalue weighted by molar-refractivity contribution is 6.43. The first kappa shape index (κ1) is 9.13. The number of aromatic nitrogens is 2. The van der Waals surface area contributed by atoms with Crippen molar-refractivity contribution in [3.8, 4) is 5.88 Å². The molecule has 0 aliphatic heterocycles. The van der Waals surface area contributed by atoms with Gasteiger partial charge in [0.15, 0.2) is 5.88 Å². The number of hydrogen-bond donors (Lipinski definition) is 2. The highest BCUT2D eigenvalue weighted by Gasteiger charge is 2.14. The molecule has 2 N–H and O–H groups in total. The average Bonchev–Trinajstić information content (AvgIpc) is 2.53. The molecule has 0 atom stereocenters. The normalized spacial score (nSPS) is 9.83. The monoisotopic (exact) mass is 168 g/mol. The topological polar surface area (TPSA) is 58.1 Å². The molecule has 0 radical (unpaired) electrons. The molecular weight excluding hydrogens is 155 g/mol. The second-order valence-electron chi connectivity index (χ2n) is 2.63. The van der Waals surface area contributed by atoms with E-state index in [-0.39, 0.29) is 0 Å². The Kier molecular flexibility index (Phi) is 3.67. The van der Waals surface area contributed by atoms with E-state index in [0.717, 1.165) is 12.8 Å². The van der Waals surface area contributed by atoms with Gasteiger partial charge in [-0.25, -0.2) is 4.98 Å². The summed E-state index contributed by atoms with van der Waals surface area (Å²) in [5, 5.41) is 9.28. The molecule has 0 aromatic carbocycles. The van der Waals surface area contributed by atoms with Gasteiger partial charge in [-0.3, -0.25) is 0 Å². The lowest BCUT2D eigenvalue weighted by atomic mass is 9.83. The van der Waals surface area contributed by atoms with Gasteiger partial charge in [0.05, 0.1) is 12.5 Å². The first-order valence-electron chi connectivity index (χ1n) is 4.16. The maximum absolute atomic E-state index is 9.28. The van der Waals surface area contributed by atoms with Crippen molar-refractivity contribution in [1.82, 2.24) is 9.97 Å². The van der Waals surface area contributed by atoms with Crippen molar-refractivity contribution < 1.29 is 9.68 Å². The average molecular weight is 168 g/mol. The Labute approximate surface area is 72.1 Å². The summed E-state index contributed by atoms with van der Waals surface area (Å²) in [6.45, 7) is 2.07. The van der Waals surface area contributed by atoms with E-state index < -0.39 is 7.12 Å². The molecule has 4 nitrogen and oxygen atoms in total. The third-order valence-corrected chi connectivity index (χ3v) is 1.54. The minimum atomic E-state index is -0.717. The second kappa shape index (κ2) is 4.82. The Morgan fingerprint density at radius 1 is 1.75 bits per heavy atom. The molecule has 0 unspecified atom stereocenters. The second-order valence-corrected chi connectivity index (χ2v) is 2.63. The maximum atomic E-state index is 9.28. The largest absolute Gasteiger partial charge is 0.523 e. The zero-order valence-corrected chi connectivity index (χ0v) is 7.16. The third kappa shape index (κ3) is 2.96. The molecule has 0 saturated heterocycles. The predicted octanol–water partition coefficient (Wildman–Crippen LogP) is 1.07. The van der Waals surface area contributed by atoms with Crippen LogP contribution in [-0.2, 0) is 0 Å². The van der Waals surface area contributed by atoms with Gasteiger partial charge in [0.1, 0.15) is 0 Å². The van der Waals surface area contributed by atoms with Gasteiger partial charge in [-0.1, -0.05) is 19.8 Å². The van der Waals surface area contributed by atoms with E-state index in [1.54, 1.807) is 0 Å². The molecule has 1 aromatic heterocycles. The van der Waals surface area contributed by atoms with Crippen LogP contribution in [0.25, 0.3) is 0 Å². The van der Waals surface area contributed by atoms with Gasteiger partial charge in [0, 0.05) is 0 Å². The van der Waals surface area contributed by atoms with Gasteiger partial charge >= 0.3 is 7.12 Å². The van der Waals surface area contributed by atoms with E-state index in [2.05, 4.69) is 16.9 Å².